The molecule has 0 nitrogen and oxygen atoms in total. The maximum absolute atomic E-state index is 3.87. The van der Waals surface area contributed by atoms with Crippen molar-refractivity contribution < 1.29 is 0 Å². The maximum Gasteiger partial charge on any atom is -0.0442 e. The SMILES string of the molecule is [CH2-]C(C)CC=C(C)C. The van der Waals surface area contributed by atoms with Gasteiger partial charge in [-0.2, -0.15) is 5.92 Å². The van der Waals surface area contributed by atoms with Crippen LogP contribution in [0, 0.1) is 12.8 Å². The summed E-state index contributed by atoms with van der Waals surface area (Å²) in [5.41, 5.74) is 1.39. The van der Waals surface area contributed by atoms with E-state index in [-0.39, 0.29) is 0 Å². The Morgan fingerprint density at radius 1 is 1.62 bits per heavy atom. The van der Waals surface area contributed by atoms with E-state index in [1.807, 2.05) is 0 Å². The molecule has 0 saturated heterocycles. The van der Waals surface area contributed by atoms with Gasteiger partial charge in [-0.15, -0.1) is 0 Å². The maximum atomic E-state index is 3.87. The van der Waals surface area contributed by atoms with E-state index in [1.165, 1.54) is 5.57 Å². The van der Waals surface area contributed by atoms with Crippen molar-refractivity contribution in [3.8, 4) is 0 Å². The minimum atomic E-state index is 0.560. The smallest absolute Gasteiger partial charge is 0.0442 e. The van der Waals surface area contributed by atoms with Crippen molar-refractivity contribution in [2.75, 3.05) is 0 Å². The van der Waals surface area contributed by atoms with Crippen LogP contribution in [0.15, 0.2) is 11.6 Å². The largest absolute Gasteiger partial charge is 0.340 e. The Morgan fingerprint density at radius 2 is 2.12 bits per heavy atom. The molecule has 1 unspecified atom stereocenters. The molecule has 0 heteroatoms. The van der Waals surface area contributed by atoms with Crippen LogP contribution in [0.3, 0.4) is 0 Å². The lowest BCUT2D eigenvalue weighted by Gasteiger charge is -2.04. The monoisotopic (exact) mass is 111 g/mol. The molecular formula is C8H15-. The van der Waals surface area contributed by atoms with Gasteiger partial charge in [0.2, 0.25) is 0 Å². The van der Waals surface area contributed by atoms with Crippen molar-refractivity contribution in [3.05, 3.63) is 18.6 Å². The second kappa shape index (κ2) is 3.71. The Kier molecular flexibility index (Phi) is 3.59. The van der Waals surface area contributed by atoms with Crippen molar-refractivity contribution >= 4 is 0 Å². The molecule has 0 aliphatic heterocycles. The fourth-order valence-electron chi connectivity index (χ4n) is 0.437. The fourth-order valence-corrected chi connectivity index (χ4v) is 0.437. The van der Waals surface area contributed by atoms with Gasteiger partial charge < -0.3 is 6.92 Å². The highest BCUT2D eigenvalue weighted by atomic mass is 13.9. The van der Waals surface area contributed by atoms with Gasteiger partial charge in [-0.25, -0.2) is 0 Å². The summed E-state index contributed by atoms with van der Waals surface area (Å²) < 4.78 is 0. The van der Waals surface area contributed by atoms with Crippen LogP contribution in [0.5, 0.6) is 0 Å². The summed E-state index contributed by atoms with van der Waals surface area (Å²) in [4.78, 5) is 0. The van der Waals surface area contributed by atoms with E-state index in [0.29, 0.717) is 5.92 Å². The highest BCUT2D eigenvalue weighted by Crippen LogP contribution is 2.01. The standard InChI is InChI=1S/C8H15/c1-7(2)5-6-8(3)4/h6-7H,1,5H2,2-4H3/q-1. The minimum Gasteiger partial charge on any atom is -0.340 e. The van der Waals surface area contributed by atoms with E-state index in [4.69, 9.17) is 0 Å². The van der Waals surface area contributed by atoms with Gasteiger partial charge in [-0.3, -0.25) is 0 Å². The first kappa shape index (κ1) is 7.74. The van der Waals surface area contributed by atoms with Crippen LogP contribution >= 0.6 is 0 Å². The third kappa shape index (κ3) is 5.74. The molecule has 0 fully saturated rings. The van der Waals surface area contributed by atoms with Crippen LogP contribution in [-0.2, 0) is 0 Å². The van der Waals surface area contributed by atoms with Gasteiger partial charge in [0.15, 0.2) is 0 Å². The van der Waals surface area contributed by atoms with Crippen molar-refractivity contribution in [3.63, 3.8) is 0 Å². The van der Waals surface area contributed by atoms with Gasteiger partial charge in [0.25, 0.3) is 0 Å². The molecule has 0 aromatic carbocycles. The Labute approximate surface area is 52.6 Å². The third-order valence-electron chi connectivity index (χ3n) is 0.928. The van der Waals surface area contributed by atoms with E-state index in [1.54, 1.807) is 0 Å². The molecule has 0 bridgehead atoms. The summed E-state index contributed by atoms with van der Waals surface area (Å²) in [6.45, 7) is 10.2. The number of rotatable bonds is 2. The summed E-state index contributed by atoms with van der Waals surface area (Å²) in [6, 6.07) is 0. The van der Waals surface area contributed by atoms with Crippen LogP contribution in [0.4, 0.5) is 0 Å². The number of hydrogen-bond acceptors (Lipinski definition) is 0. The predicted octanol–water partition coefficient (Wildman–Crippen LogP) is 2.81. The highest BCUT2D eigenvalue weighted by Gasteiger charge is 1.79. The molecule has 0 heterocycles. The topological polar surface area (TPSA) is 0 Å². The van der Waals surface area contributed by atoms with Crippen molar-refractivity contribution in [2.24, 2.45) is 5.92 Å². The summed E-state index contributed by atoms with van der Waals surface area (Å²) in [6.07, 6.45) is 3.33. The quantitative estimate of drug-likeness (QED) is 0.379. The molecule has 0 aliphatic rings. The zero-order valence-corrected chi connectivity index (χ0v) is 6.07. The van der Waals surface area contributed by atoms with E-state index >= 15 is 0 Å². The van der Waals surface area contributed by atoms with Crippen LogP contribution < -0.4 is 0 Å². The lowest BCUT2D eigenvalue weighted by Crippen LogP contribution is -1.82. The van der Waals surface area contributed by atoms with Crippen LogP contribution in [0.2, 0.25) is 0 Å². The summed E-state index contributed by atoms with van der Waals surface area (Å²) >= 11 is 0. The van der Waals surface area contributed by atoms with Gasteiger partial charge >= 0.3 is 0 Å². The van der Waals surface area contributed by atoms with Gasteiger partial charge in [0.05, 0.1) is 0 Å². The molecule has 0 spiro atoms. The minimum absolute atomic E-state index is 0.560. The molecule has 0 aliphatic carbocycles. The molecule has 0 radical (unpaired) electrons. The molecule has 8 heavy (non-hydrogen) atoms. The molecule has 0 aromatic rings. The number of hydrogen-bond donors (Lipinski definition) is 0. The summed E-state index contributed by atoms with van der Waals surface area (Å²) in [7, 11) is 0. The van der Waals surface area contributed by atoms with Crippen molar-refractivity contribution in [1.29, 1.82) is 0 Å². The highest BCUT2D eigenvalue weighted by molar-refractivity contribution is 4.93. The first-order chi connectivity index (χ1) is 3.63. The average molecular weight is 111 g/mol. The van der Waals surface area contributed by atoms with E-state index in [0.717, 1.165) is 6.42 Å². The van der Waals surface area contributed by atoms with Crippen molar-refractivity contribution in [2.45, 2.75) is 27.2 Å². The molecule has 0 aromatic heterocycles. The Morgan fingerprint density at radius 3 is 2.25 bits per heavy atom. The second-order valence-corrected chi connectivity index (χ2v) is 2.62. The molecule has 0 saturated carbocycles. The van der Waals surface area contributed by atoms with Gasteiger partial charge in [0, 0.05) is 0 Å². The first-order valence-corrected chi connectivity index (χ1v) is 3.09. The summed E-state index contributed by atoms with van der Waals surface area (Å²) in [5.74, 6) is 0.560. The van der Waals surface area contributed by atoms with Gasteiger partial charge in [-0.1, -0.05) is 25.0 Å². The molecule has 0 rings (SSSR count). The fraction of sp³-hybridized carbons (Fsp3) is 0.625. The van der Waals surface area contributed by atoms with E-state index in [9.17, 15) is 0 Å². The van der Waals surface area contributed by atoms with Crippen molar-refractivity contribution in [1.82, 2.24) is 0 Å². The Balaban J connectivity index is 3.29. The predicted molar refractivity (Wildman–Crippen MR) is 38.6 cm³/mol. The average Bonchev–Trinajstić information content (AvgIpc) is 1.61. The molecule has 0 amide bonds. The van der Waals surface area contributed by atoms with E-state index in [2.05, 4.69) is 33.8 Å². The van der Waals surface area contributed by atoms with Crippen LogP contribution in [-0.4, -0.2) is 0 Å². The van der Waals surface area contributed by atoms with Gasteiger partial charge in [-0.05, 0) is 13.8 Å². The Hall–Kier alpha value is -0.260. The summed E-state index contributed by atoms with van der Waals surface area (Å²) in [5, 5.41) is 0. The molecule has 1 atom stereocenters. The first-order valence-electron chi connectivity index (χ1n) is 3.09. The van der Waals surface area contributed by atoms with E-state index < -0.39 is 0 Å². The zero-order chi connectivity index (χ0) is 6.57. The lowest BCUT2D eigenvalue weighted by atomic mass is 10.1. The zero-order valence-electron chi connectivity index (χ0n) is 6.07. The Bertz CT molecular complexity index is 74.0. The van der Waals surface area contributed by atoms with Crippen LogP contribution in [0.1, 0.15) is 27.2 Å². The second-order valence-electron chi connectivity index (χ2n) is 2.62. The molecule has 0 N–H and O–H groups in total. The number of allylic oxidation sites excluding steroid dienone is 2. The molecule has 48 valence electrons. The van der Waals surface area contributed by atoms with Gasteiger partial charge in [0.1, 0.15) is 0 Å². The third-order valence-corrected chi connectivity index (χ3v) is 0.928. The lowest BCUT2D eigenvalue weighted by molar-refractivity contribution is 0.736. The molecular weight excluding hydrogens is 96.1 g/mol. The normalized spacial score (nSPS) is 13.0. The van der Waals surface area contributed by atoms with Crippen LogP contribution in [0.25, 0.3) is 0 Å².